The molecule has 1 aromatic carbocycles. The average Bonchev–Trinajstić information content (AvgIpc) is 2.49. The van der Waals surface area contributed by atoms with E-state index >= 15 is 0 Å². The Morgan fingerprint density at radius 3 is 2.60 bits per heavy atom. The molecule has 1 aromatic rings. The largest absolute Gasteiger partial charge is 0.367 e. The van der Waals surface area contributed by atoms with Crippen LogP contribution in [0.2, 0.25) is 0 Å². The van der Waals surface area contributed by atoms with E-state index in [4.69, 9.17) is 4.74 Å². The average molecular weight is 294 g/mol. The quantitative estimate of drug-likeness (QED) is 0.287. The van der Waals surface area contributed by atoms with Crippen LogP contribution in [0.15, 0.2) is 41.8 Å². The summed E-state index contributed by atoms with van der Waals surface area (Å²) in [6.45, 7) is 4.46. The molecule has 0 saturated heterocycles. The van der Waals surface area contributed by atoms with Gasteiger partial charge in [0.15, 0.2) is 0 Å². The minimum Gasteiger partial charge on any atom is -0.367 e. The summed E-state index contributed by atoms with van der Waals surface area (Å²) in [6, 6.07) is 6.72. The second kappa shape index (κ2) is 8.48. The number of benzene rings is 1. The molecule has 1 unspecified atom stereocenters. The molecule has 0 aliphatic heterocycles. The summed E-state index contributed by atoms with van der Waals surface area (Å²) in [6.07, 6.45) is 9.20. The van der Waals surface area contributed by atoms with Gasteiger partial charge in [-0.15, -0.1) is 6.58 Å². The van der Waals surface area contributed by atoms with Gasteiger partial charge in [-0.05, 0) is 49.4 Å². The highest BCUT2D eigenvalue weighted by atomic mass is 32.2. The van der Waals surface area contributed by atoms with Crippen LogP contribution in [0.4, 0.5) is 4.39 Å². The lowest BCUT2D eigenvalue weighted by Crippen LogP contribution is -2.23. The van der Waals surface area contributed by atoms with Gasteiger partial charge >= 0.3 is 0 Å². The van der Waals surface area contributed by atoms with E-state index in [1.54, 1.807) is 11.8 Å². The van der Waals surface area contributed by atoms with Crippen molar-refractivity contribution < 1.29 is 9.13 Å². The standard InChI is InChI=1S/C17H23FOS/c1-2-3-13-19-17(14-7-5-4-6-8-14)20-16-11-9-15(18)10-12-16/h2,9-12,14,17H,1,3-8,13H2. The maximum atomic E-state index is 13.0. The molecule has 0 amide bonds. The third-order valence-corrected chi connectivity index (χ3v) is 5.00. The molecule has 0 spiro atoms. The van der Waals surface area contributed by atoms with E-state index < -0.39 is 0 Å². The maximum Gasteiger partial charge on any atom is 0.123 e. The van der Waals surface area contributed by atoms with Gasteiger partial charge < -0.3 is 4.74 Å². The molecule has 110 valence electrons. The lowest BCUT2D eigenvalue weighted by Gasteiger charge is -2.29. The van der Waals surface area contributed by atoms with E-state index in [-0.39, 0.29) is 11.3 Å². The summed E-state index contributed by atoms with van der Waals surface area (Å²) in [5, 5.41) is 0. The Bertz CT molecular complexity index is 398. The highest BCUT2D eigenvalue weighted by Gasteiger charge is 2.25. The van der Waals surface area contributed by atoms with Crippen molar-refractivity contribution >= 4 is 11.8 Å². The van der Waals surface area contributed by atoms with Crippen molar-refractivity contribution in [1.82, 2.24) is 0 Å². The first-order valence-electron chi connectivity index (χ1n) is 7.44. The van der Waals surface area contributed by atoms with Crippen molar-refractivity contribution in [1.29, 1.82) is 0 Å². The van der Waals surface area contributed by atoms with Crippen LogP contribution in [0.3, 0.4) is 0 Å². The predicted molar refractivity (Wildman–Crippen MR) is 83.4 cm³/mol. The Hall–Kier alpha value is -0.800. The zero-order chi connectivity index (χ0) is 14.2. The maximum absolute atomic E-state index is 13.0. The van der Waals surface area contributed by atoms with E-state index in [2.05, 4.69) is 6.58 Å². The molecule has 2 rings (SSSR count). The third-order valence-electron chi connectivity index (χ3n) is 3.70. The molecular formula is C17H23FOS. The Morgan fingerprint density at radius 1 is 1.25 bits per heavy atom. The van der Waals surface area contributed by atoms with Crippen molar-refractivity contribution in [2.75, 3.05) is 6.61 Å². The SMILES string of the molecule is C=CCCOC(Sc1ccc(F)cc1)C1CCCCC1. The lowest BCUT2D eigenvalue weighted by molar-refractivity contribution is 0.0626. The molecule has 0 bridgehead atoms. The Morgan fingerprint density at radius 2 is 1.95 bits per heavy atom. The fourth-order valence-electron chi connectivity index (χ4n) is 2.59. The van der Waals surface area contributed by atoms with E-state index in [0.717, 1.165) is 17.9 Å². The molecule has 3 heteroatoms. The molecule has 1 atom stereocenters. The van der Waals surface area contributed by atoms with Gasteiger partial charge in [-0.1, -0.05) is 37.1 Å². The number of hydrogen-bond acceptors (Lipinski definition) is 2. The minimum atomic E-state index is -0.184. The summed E-state index contributed by atoms with van der Waals surface area (Å²) in [7, 11) is 0. The molecule has 0 radical (unpaired) electrons. The lowest BCUT2D eigenvalue weighted by atomic mass is 9.90. The summed E-state index contributed by atoms with van der Waals surface area (Å²) < 4.78 is 19.0. The van der Waals surface area contributed by atoms with E-state index in [1.165, 1.54) is 44.2 Å². The first-order valence-corrected chi connectivity index (χ1v) is 8.32. The zero-order valence-corrected chi connectivity index (χ0v) is 12.7. The number of ether oxygens (including phenoxy) is 1. The number of halogens is 1. The smallest absolute Gasteiger partial charge is 0.123 e. The normalized spacial score (nSPS) is 17.9. The van der Waals surface area contributed by atoms with Crippen molar-refractivity contribution in [3.8, 4) is 0 Å². The number of hydrogen-bond donors (Lipinski definition) is 0. The van der Waals surface area contributed by atoms with E-state index in [1.807, 2.05) is 18.2 Å². The third kappa shape index (κ3) is 4.95. The molecule has 1 saturated carbocycles. The van der Waals surface area contributed by atoms with Gasteiger partial charge in [0.05, 0.1) is 6.61 Å². The van der Waals surface area contributed by atoms with Crippen LogP contribution < -0.4 is 0 Å². The van der Waals surface area contributed by atoms with Crippen LogP contribution in [-0.4, -0.2) is 12.0 Å². The molecule has 1 nitrogen and oxygen atoms in total. The molecule has 1 fully saturated rings. The monoisotopic (exact) mass is 294 g/mol. The van der Waals surface area contributed by atoms with Gasteiger partial charge in [0.2, 0.25) is 0 Å². The summed E-state index contributed by atoms with van der Waals surface area (Å²) >= 11 is 1.73. The van der Waals surface area contributed by atoms with Crippen molar-refractivity contribution in [2.24, 2.45) is 5.92 Å². The van der Waals surface area contributed by atoms with Crippen molar-refractivity contribution in [3.63, 3.8) is 0 Å². The Balaban J connectivity index is 1.96. The van der Waals surface area contributed by atoms with Crippen molar-refractivity contribution in [3.05, 3.63) is 42.7 Å². The van der Waals surface area contributed by atoms with E-state index in [9.17, 15) is 4.39 Å². The van der Waals surface area contributed by atoms with Crippen molar-refractivity contribution in [2.45, 2.75) is 48.9 Å². The molecule has 0 aromatic heterocycles. The minimum absolute atomic E-state index is 0.181. The topological polar surface area (TPSA) is 9.23 Å². The molecular weight excluding hydrogens is 271 g/mol. The Labute approximate surface area is 125 Å². The van der Waals surface area contributed by atoms with Gasteiger partial charge in [0.25, 0.3) is 0 Å². The first-order chi connectivity index (χ1) is 9.79. The van der Waals surface area contributed by atoms with E-state index in [0.29, 0.717) is 5.92 Å². The fourth-order valence-corrected chi connectivity index (χ4v) is 3.78. The van der Waals surface area contributed by atoms with Crippen LogP contribution in [-0.2, 0) is 4.74 Å². The summed E-state index contributed by atoms with van der Waals surface area (Å²) in [5.41, 5.74) is 0.181. The molecule has 0 heterocycles. The predicted octanol–water partition coefficient (Wildman–Crippen LogP) is 5.42. The van der Waals surface area contributed by atoms with Gasteiger partial charge in [0, 0.05) is 4.90 Å². The number of thioether (sulfide) groups is 1. The van der Waals surface area contributed by atoms with Gasteiger partial charge in [-0.2, -0.15) is 0 Å². The second-order valence-corrected chi connectivity index (χ2v) is 6.46. The first kappa shape index (κ1) is 15.6. The molecule has 20 heavy (non-hydrogen) atoms. The fraction of sp³-hybridized carbons (Fsp3) is 0.529. The van der Waals surface area contributed by atoms with Crippen LogP contribution in [0.5, 0.6) is 0 Å². The number of rotatable bonds is 7. The highest BCUT2D eigenvalue weighted by Crippen LogP contribution is 2.37. The zero-order valence-electron chi connectivity index (χ0n) is 11.9. The highest BCUT2D eigenvalue weighted by molar-refractivity contribution is 7.99. The van der Waals surface area contributed by atoms with Gasteiger partial charge in [-0.25, -0.2) is 4.39 Å². The van der Waals surface area contributed by atoms with Crippen LogP contribution in [0.1, 0.15) is 38.5 Å². The molecule has 1 aliphatic rings. The molecule has 1 aliphatic carbocycles. The van der Waals surface area contributed by atoms with Crippen LogP contribution in [0, 0.1) is 11.7 Å². The van der Waals surface area contributed by atoms with Gasteiger partial charge in [-0.3, -0.25) is 0 Å². The second-order valence-electron chi connectivity index (χ2n) is 5.29. The van der Waals surface area contributed by atoms with Gasteiger partial charge in [0.1, 0.15) is 11.3 Å². The van der Waals surface area contributed by atoms with Crippen LogP contribution >= 0.6 is 11.8 Å². The van der Waals surface area contributed by atoms with Crippen LogP contribution in [0.25, 0.3) is 0 Å². The summed E-state index contributed by atoms with van der Waals surface area (Å²) in [4.78, 5) is 1.08. The summed E-state index contributed by atoms with van der Waals surface area (Å²) in [5.74, 6) is 0.430. The molecule has 0 N–H and O–H groups in total. The Kier molecular flexibility index (Phi) is 6.61.